The minimum atomic E-state index is -3.56. The molecule has 3 N–H and O–H groups in total. The van der Waals surface area contributed by atoms with Crippen molar-refractivity contribution in [1.29, 1.82) is 0 Å². The first-order valence-corrected chi connectivity index (χ1v) is 8.95. The number of H-pyrrole nitrogens is 1. The second kappa shape index (κ2) is 7.88. The quantitative estimate of drug-likeness (QED) is 0.524. The molecular formula is C13H24N4O3S. The molecule has 0 amide bonds. The normalized spacial score (nSPS) is 15.5. The van der Waals surface area contributed by atoms with Gasteiger partial charge in [0, 0.05) is 31.3 Å². The van der Waals surface area contributed by atoms with Crippen LogP contribution in [0.15, 0.2) is 11.2 Å². The van der Waals surface area contributed by atoms with E-state index >= 15 is 0 Å². The molecule has 1 fully saturated rings. The minimum Gasteiger partial charge on any atom is -0.380 e. The largest absolute Gasteiger partial charge is 0.380 e. The van der Waals surface area contributed by atoms with Gasteiger partial charge >= 0.3 is 0 Å². The van der Waals surface area contributed by atoms with Gasteiger partial charge < -0.3 is 10.1 Å². The molecule has 1 aromatic heterocycles. The third-order valence-electron chi connectivity index (χ3n) is 3.29. The van der Waals surface area contributed by atoms with Crippen molar-refractivity contribution in [2.75, 3.05) is 19.8 Å². The van der Waals surface area contributed by atoms with E-state index in [2.05, 4.69) is 27.2 Å². The third kappa shape index (κ3) is 5.39. The van der Waals surface area contributed by atoms with E-state index in [1.54, 1.807) is 6.20 Å². The van der Waals surface area contributed by atoms with Crippen LogP contribution in [-0.2, 0) is 21.3 Å². The number of nitrogens with one attached hydrogen (secondary N) is 3. The Balaban J connectivity index is 1.79. The molecular weight excluding hydrogens is 292 g/mol. The highest BCUT2D eigenvalue weighted by atomic mass is 32.2. The third-order valence-corrected chi connectivity index (χ3v) is 4.76. The zero-order valence-electron chi connectivity index (χ0n) is 12.4. The Morgan fingerprint density at radius 3 is 2.95 bits per heavy atom. The van der Waals surface area contributed by atoms with Crippen LogP contribution in [-0.4, -0.2) is 44.4 Å². The number of unbranched alkanes of at least 4 members (excludes halogenated alkanes) is 1. The predicted molar refractivity (Wildman–Crippen MR) is 79.4 cm³/mol. The SMILES string of the molecule is CCCCOCCNS(=O)(=O)c1[nH]ncc1CNC1CC1. The first kappa shape index (κ1) is 16.4. The highest BCUT2D eigenvalue weighted by Gasteiger charge is 2.24. The molecule has 21 heavy (non-hydrogen) atoms. The Morgan fingerprint density at radius 1 is 1.43 bits per heavy atom. The number of hydrogen-bond acceptors (Lipinski definition) is 5. The van der Waals surface area contributed by atoms with Crippen LogP contribution in [0.5, 0.6) is 0 Å². The maximum Gasteiger partial charge on any atom is 0.257 e. The summed E-state index contributed by atoms with van der Waals surface area (Å²) in [6.45, 7) is 3.91. The summed E-state index contributed by atoms with van der Waals surface area (Å²) in [5.74, 6) is 0. The van der Waals surface area contributed by atoms with Crippen molar-refractivity contribution in [1.82, 2.24) is 20.2 Å². The van der Waals surface area contributed by atoms with Crippen molar-refractivity contribution >= 4 is 10.0 Å². The number of nitrogens with zero attached hydrogens (tertiary/aromatic N) is 1. The fourth-order valence-corrected chi connectivity index (χ4v) is 3.01. The van der Waals surface area contributed by atoms with Crippen LogP contribution < -0.4 is 10.0 Å². The van der Waals surface area contributed by atoms with Crippen molar-refractivity contribution in [3.05, 3.63) is 11.8 Å². The molecule has 1 saturated carbocycles. The van der Waals surface area contributed by atoms with E-state index in [4.69, 9.17) is 4.74 Å². The average Bonchev–Trinajstić information content (AvgIpc) is 3.16. The summed E-state index contributed by atoms with van der Waals surface area (Å²) in [4.78, 5) is 0. The van der Waals surface area contributed by atoms with Crippen molar-refractivity contribution < 1.29 is 13.2 Å². The summed E-state index contributed by atoms with van der Waals surface area (Å²) < 4.78 is 32.3. The summed E-state index contributed by atoms with van der Waals surface area (Å²) >= 11 is 0. The van der Waals surface area contributed by atoms with Gasteiger partial charge in [-0.1, -0.05) is 13.3 Å². The maximum absolute atomic E-state index is 12.2. The van der Waals surface area contributed by atoms with Gasteiger partial charge in [0.05, 0.1) is 12.8 Å². The number of rotatable bonds is 11. The van der Waals surface area contributed by atoms with E-state index in [9.17, 15) is 8.42 Å². The lowest BCUT2D eigenvalue weighted by Gasteiger charge is -2.08. The Bertz CT molecular complexity index is 525. The fourth-order valence-electron chi connectivity index (χ4n) is 1.87. The van der Waals surface area contributed by atoms with Gasteiger partial charge in [-0.15, -0.1) is 0 Å². The van der Waals surface area contributed by atoms with Crippen LogP contribution in [0.2, 0.25) is 0 Å². The van der Waals surface area contributed by atoms with Gasteiger partial charge in [-0.3, -0.25) is 5.10 Å². The molecule has 1 aliphatic rings. The fraction of sp³-hybridized carbons (Fsp3) is 0.769. The van der Waals surface area contributed by atoms with Gasteiger partial charge in [-0.05, 0) is 19.3 Å². The van der Waals surface area contributed by atoms with E-state index in [1.165, 1.54) is 0 Å². The molecule has 0 saturated heterocycles. The smallest absolute Gasteiger partial charge is 0.257 e. The number of ether oxygens (including phenoxy) is 1. The highest BCUT2D eigenvalue weighted by molar-refractivity contribution is 7.89. The molecule has 0 radical (unpaired) electrons. The van der Waals surface area contributed by atoms with E-state index in [0.29, 0.717) is 31.4 Å². The average molecular weight is 316 g/mol. The van der Waals surface area contributed by atoms with Crippen LogP contribution in [0.25, 0.3) is 0 Å². The van der Waals surface area contributed by atoms with E-state index < -0.39 is 10.0 Å². The van der Waals surface area contributed by atoms with Gasteiger partial charge in [0.2, 0.25) is 0 Å². The summed E-state index contributed by atoms with van der Waals surface area (Å²) in [5, 5.41) is 9.84. The number of aromatic nitrogens is 2. The van der Waals surface area contributed by atoms with Crippen molar-refractivity contribution in [3.8, 4) is 0 Å². The van der Waals surface area contributed by atoms with Crippen molar-refractivity contribution in [3.63, 3.8) is 0 Å². The minimum absolute atomic E-state index is 0.143. The van der Waals surface area contributed by atoms with Gasteiger partial charge in [0.25, 0.3) is 10.0 Å². The van der Waals surface area contributed by atoms with Crippen LogP contribution in [0.4, 0.5) is 0 Å². The number of aromatic amines is 1. The van der Waals surface area contributed by atoms with Crippen LogP contribution >= 0.6 is 0 Å². The predicted octanol–water partition coefficient (Wildman–Crippen LogP) is 0.757. The molecule has 1 aromatic rings. The van der Waals surface area contributed by atoms with E-state index in [-0.39, 0.29) is 11.6 Å². The zero-order chi connectivity index (χ0) is 15.1. The zero-order valence-corrected chi connectivity index (χ0v) is 13.2. The van der Waals surface area contributed by atoms with Gasteiger partial charge in [-0.25, -0.2) is 13.1 Å². The van der Waals surface area contributed by atoms with Gasteiger partial charge in [-0.2, -0.15) is 5.10 Å². The monoisotopic (exact) mass is 316 g/mol. The molecule has 8 heteroatoms. The van der Waals surface area contributed by atoms with E-state index in [1.807, 2.05) is 0 Å². The Kier molecular flexibility index (Phi) is 6.16. The lowest BCUT2D eigenvalue weighted by atomic mass is 10.3. The molecule has 0 aromatic carbocycles. The topological polar surface area (TPSA) is 96.1 Å². The first-order valence-electron chi connectivity index (χ1n) is 7.46. The van der Waals surface area contributed by atoms with E-state index in [0.717, 1.165) is 25.7 Å². The summed E-state index contributed by atoms with van der Waals surface area (Å²) in [6, 6.07) is 0.523. The van der Waals surface area contributed by atoms with Crippen molar-refractivity contribution in [2.24, 2.45) is 0 Å². The summed E-state index contributed by atoms with van der Waals surface area (Å²) in [7, 11) is -3.56. The van der Waals surface area contributed by atoms with Crippen LogP contribution in [0.3, 0.4) is 0 Å². The Hall–Kier alpha value is -0.960. The number of hydrogen-bond donors (Lipinski definition) is 3. The highest BCUT2D eigenvalue weighted by Crippen LogP contribution is 2.20. The summed E-state index contributed by atoms with van der Waals surface area (Å²) in [5.41, 5.74) is 0.668. The lowest BCUT2D eigenvalue weighted by Crippen LogP contribution is -2.29. The maximum atomic E-state index is 12.2. The number of sulfonamides is 1. The molecule has 0 unspecified atom stereocenters. The molecule has 120 valence electrons. The molecule has 2 rings (SSSR count). The molecule has 0 bridgehead atoms. The lowest BCUT2D eigenvalue weighted by molar-refractivity contribution is 0.136. The van der Waals surface area contributed by atoms with Crippen LogP contribution in [0, 0.1) is 0 Å². The summed E-state index contributed by atoms with van der Waals surface area (Å²) in [6.07, 6.45) is 5.93. The van der Waals surface area contributed by atoms with Crippen molar-refractivity contribution in [2.45, 2.75) is 50.2 Å². The van der Waals surface area contributed by atoms with Gasteiger partial charge in [0.1, 0.15) is 0 Å². The second-order valence-corrected chi connectivity index (χ2v) is 6.95. The van der Waals surface area contributed by atoms with Gasteiger partial charge in [0.15, 0.2) is 5.03 Å². The molecule has 0 spiro atoms. The molecule has 7 nitrogen and oxygen atoms in total. The molecule has 0 aliphatic heterocycles. The molecule has 1 aliphatic carbocycles. The standard InChI is InChI=1S/C13H24N4O3S/c1-2-3-7-20-8-6-16-21(18,19)13-11(10-15-17-13)9-14-12-4-5-12/h10,12,14,16H,2-9H2,1H3,(H,15,17). The Morgan fingerprint density at radius 2 is 2.24 bits per heavy atom. The Labute approximate surface area is 125 Å². The first-order chi connectivity index (χ1) is 10.1. The van der Waals surface area contributed by atoms with Crippen LogP contribution in [0.1, 0.15) is 38.2 Å². The second-order valence-electron chi connectivity index (χ2n) is 5.24. The molecule has 0 atom stereocenters. The molecule has 1 heterocycles.